The normalized spacial score (nSPS) is 17.3. The van der Waals surface area contributed by atoms with Gasteiger partial charge in [0, 0.05) is 11.2 Å². The third-order valence-electron chi connectivity index (χ3n) is 3.29. The van der Waals surface area contributed by atoms with E-state index in [1.54, 1.807) is 0 Å². The van der Waals surface area contributed by atoms with Gasteiger partial charge in [-0.3, -0.25) is 9.98 Å². The van der Waals surface area contributed by atoms with E-state index in [9.17, 15) is 17.6 Å². The van der Waals surface area contributed by atoms with E-state index in [0.29, 0.717) is 5.56 Å². The van der Waals surface area contributed by atoms with Gasteiger partial charge < -0.3 is 5.73 Å². The molecule has 1 atom stereocenters. The highest BCUT2D eigenvalue weighted by molar-refractivity contribution is 6.30. The third kappa shape index (κ3) is 2.41. The molecular formula is C14H8ClF4N3. The van der Waals surface area contributed by atoms with Crippen molar-refractivity contribution in [1.82, 2.24) is 4.98 Å². The molecule has 114 valence electrons. The van der Waals surface area contributed by atoms with Crippen LogP contribution >= 0.6 is 11.6 Å². The fourth-order valence-corrected chi connectivity index (χ4v) is 2.59. The van der Waals surface area contributed by atoms with Crippen molar-refractivity contribution in [1.29, 1.82) is 0 Å². The number of benzene rings is 1. The van der Waals surface area contributed by atoms with E-state index in [1.165, 1.54) is 12.1 Å². The van der Waals surface area contributed by atoms with Crippen LogP contribution in [0, 0.1) is 5.82 Å². The van der Waals surface area contributed by atoms with Crippen molar-refractivity contribution in [3.8, 4) is 0 Å². The summed E-state index contributed by atoms with van der Waals surface area (Å²) in [6.45, 7) is 0. The second-order valence-electron chi connectivity index (χ2n) is 4.74. The number of nitrogens with two attached hydrogens (primary N) is 1. The molecule has 1 aromatic carbocycles. The average Bonchev–Trinajstić information content (AvgIpc) is 2.75. The maximum absolute atomic E-state index is 13.9. The molecular weight excluding hydrogens is 322 g/mol. The molecule has 3 nitrogen and oxygen atoms in total. The van der Waals surface area contributed by atoms with E-state index in [2.05, 4.69) is 9.98 Å². The van der Waals surface area contributed by atoms with Crippen LogP contribution < -0.4 is 5.73 Å². The number of aromatic nitrogens is 1. The van der Waals surface area contributed by atoms with Crippen molar-refractivity contribution in [2.24, 2.45) is 10.7 Å². The summed E-state index contributed by atoms with van der Waals surface area (Å²) in [5.41, 5.74) is 5.25. The number of aliphatic imine (C=N–C) groups is 1. The molecule has 1 aliphatic rings. The fraction of sp³-hybridized carbons (Fsp3) is 0.143. The standard InChI is InChI=1S/C14H8ClF4N3/c15-7-4-8-11(9(16)5-7)13(20)22-12(8)6-1-2-21-10(3-6)14(17,18)19/h1-5,12H,(H2,20,22). The highest BCUT2D eigenvalue weighted by Gasteiger charge is 2.34. The SMILES string of the molecule is NC1=NC(c2ccnc(C(F)(F)F)c2)c2cc(Cl)cc(F)c21. The first-order chi connectivity index (χ1) is 10.3. The van der Waals surface area contributed by atoms with Crippen LogP contribution in [0.4, 0.5) is 17.6 Å². The van der Waals surface area contributed by atoms with E-state index in [-0.39, 0.29) is 22.0 Å². The monoisotopic (exact) mass is 329 g/mol. The number of alkyl halides is 3. The summed E-state index contributed by atoms with van der Waals surface area (Å²) in [6.07, 6.45) is -3.55. The predicted octanol–water partition coefficient (Wildman–Crippen LogP) is 3.70. The zero-order chi connectivity index (χ0) is 16.1. The molecule has 0 bridgehead atoms. The van der Waals surface area contributed by atoms with Crippen LogP contribution in [-0.4, -0.2) is 10.8 Å². The maximum atomic E-state index is 13.9. The molecule has 0 saturated heterocycles. The van der Waals surface area contributed by atoms with Crippen molar-refractivity contribution in [2.75, 3.05) is 0 Å². The second-order valence-corrected chi connectivity index (χ2v) is 5.18. The molecule has 8 heteroatoms. The van der Waals surface area contributed by atoms with E-state index < -0.39 is 23.7 Å². The molecule has 1 aliphatic heterocycles. The van der Waals surface area contributed by atoms with Gasteiger partial charge in [-0.1, -0.05) is 11.6 Å². The Labute approximate surface area is 127 Å². The summed E-state index contributed by atoms with van der Waals surface area (Å²) in [5.74, 6) is -0.726. The molecule has 0 saturated carbocycles. The van der Waals surface area contributed by atoms with Gasteiger partial charge in [-0.2, -0.15) is 13.2 Å². The Balaban J connectivity index is 2.13. The average molecular weight is 330 g/mol. The molecule has 0 fully saturated rings. The second kappa shape index (κ2) is 4.95. The lowest BCUT2D eigenvalue weighted by Gasteiger charge is -2.13. The summed E-state index contributed by atoms with van der Waals surface area (Å²) in [6, 6.07) is 3.94. The smallest absolute Gasteiger partial charge is 0.383 e. The molecule has 0 amide bonds. The molecule has 2 heterocycles. The zero-order valence-corrected chi connectivity index (χ0v) is 11.6. The minimum absolute atomic E-state index is 0.0692. The van der Waals surface area contributed by atoms with Gasteiger partial charge in [-0.05, 0) is 35.4 Å². The molecule has 2 aromatic rings. The number of halogens is 5. The van der Waals surface area contributed by atoms with Gasteiger partial charge in [0.15, 0.2) is 0 Å². The van der Waals surface area contributed by atoms with Crippen LogP contribution in [0.15, 0.2) is 35.5 Å². The molecule has 2 N–H and O–H groups in total. The van der Waals surface area contributed by atoms with E-state index in [0.717, 1.165) is 18.3 Å². The van der Waals surface area contributed by atoms with Gasteiger partial charge in [-0.15, -0.1) is 0 Å². The number of rotatable bonds is 1. The highest BCUT2D eigenvalue weighted by atomic mass is 35.5. The Morgan fingerprint density at radius 3 is 2.59 bits per heavy atom. The van der Waals surface area contributed by atoms with Crippen molar-refractivity contribution in [3.05, 3.63) is 63.7 Å². The lowest BCUT2D eigenvalue weighted by Crippen LogP contribution is -2.12. The van der Waals surface area contributed by atoms with Crippen molar-refractivity contribution in [2.45, 2.75) is 12.2 Å². The Morgan fingerprint density at radius 1 is 1.18 bits per heavy atom. The number of pyridine rings is 1. The van der Waals surface area contributed by atoms with Crippen molar-refractivity contribution in [3.63, 3.8) is 0 Å². The Hall–Kier alpha value is -2.15. The molecule has 1 unspecified atom stereocenters. The fourth-order valence-electron chi connectivity index (χ4n) is 2.38. The number of fused-ring (bicyclic) bond motifs is 1. The Kier molecular flexibility index (Phi) is 3.32. The number of nitrogens with zero attached hydrogens (tertiary/aromatic N) is 2. The van der Waals surface area contributed by atoms with Gasteiger partial charge in [-0.25, -0.2) is 4.39 Å². The lowest BCUT2D eigenvalue weighted by atomic mass is 9.97. The number of hydrogen-bond donors (Lipinski definition) is 1. The first kappa shape index (κ1) is 14.8. The maximum Gasteiger partial charge on any atom is 0.433 e. The summed E-state index contributed by atoms with van der Waals surface area (Å²) in [4.78, 5) is 7.34. The first-order valence-electron chi connectivity index (χ1n) is 6.13. The molecule has 0 spiro atoms. The van der Waals surface area contributed by atoms with Crippen molar-refractivity contribution >= 4 is 17.4 Å². The molecule has 0 radical (unpaired) electrons. The highest BCUT2D eigenvalue weighted by Crippen LogP contribution is 2.38. The minimum Gasteiger partial charge on any atom is -0.383 e. The van der Waals surface area contributed by atoms with Crippen LogP contribution in [0.5, 0.6) is 0 Å². The summed E-state index contributed by atoms with van der Waals surface area (Å²) >= 11 is 5.81. The lowest BCUT2D eigenvalue weighted by molar-refractivity contribution is -0.141. The van der Waals surface area contributed by atoms with E-state index >= 15 is 0 Å². The molecule has 0 aliphatic carbocycles. The van der Waals surface area contributed by atoms with E-state index in [4.69, 9.17) is 17.3 Å². The predicted molar refractivity (Wildman–Crippen MR) is 73.2 cm³/mol. The van der Waals surface area contributed by atoms with Crippen LogP contribution in [0.2, 0.25) is 5.02 Å². The summed E-state index contributed by atoms with van der Waals surface area (Å²) in [7, 11) is 0. The van der Waals surface area contributed by atoms with Gasteiger partial charge in [0.2, 0.25) is 0 Å². The quantitative estimate of drug-likeness (QED) is 0.811. The van der Waals surface area contributed by atoms with Crippen LogP contribution in [0.25, 0.3) is 0 Å². The number of hydrogen-bond acceptors (Lipinski definition) is 3. The first-order valence-corrected chi connectivity index (χ1v) is 6.51. The van der Waals surface area contributed by atoms with Crippen molar-refractivity contribution < 1.29 is 17.6 Å². The largest absolute Gasteiger partial charge is 0.433 e. The Bertz CT molecular complexity index is 786. The Morgan fingerprint density at radius 2 is 1.91 bits per heavy atom. The van der Waals surface area contributed by atoms with E-state index in [1.807, 2.05) is 0 Å². The summed E-state index contributed by atoms with van der Waals surface area (Å²) < 4.78 is 52.2. The van der Waals surface area contributed by atoms with Gasteiger partial charge >= 0.3 is 6.18 Å². The molecule has 1 aromatic heterocycles. The summed E-state index contributed by atoms with van der Waals surface area (Å²) in [5, 5.41) is 0.122. The number of amidine groups is 1. The van der Waals surface area contributed by atoms with Gasteiger partial charge in [0.1, 0.15) is 23.4 Å². The molecule has 3 rings (SSSR count). The van der Waals surface area contributed by atoms with Crippen LogP contribution in [-0.2, 0) is 6.18 Å². The zero-order valence-electron chi connectivity index (χ0n) is 10.8. The van der Waals surface area contributed by atoms with Crippen LogP contribution in [0.1, 0.15) is 28.4 Å². The molecule has 22 heavy (non-hydrogen) atoms. The van der Waals surface area contributed by atoms with Gasteiger partial charge in [0.05, 0.1) is 5.56 Å². The topological polar surface area (TPSA) is 51.3 Å². The minimum atomic E-state index is -4.58. The van der Waals surface area contributed by atoms with Crippen LogP contribution in [0.3, 0.4) is 0 Å². The third-order valence-corrected chi connectivity index (χ3v) is 3.51. The van der Waals surface area contributed by atoms with Gasteiger partial charge in [0.25, 0.3) is 0 Å².